The molecule has 1 aromatic heterocycles. The van der Waals surface area contributed by atoms with E-state index < -0.39 is 72.9 Å². The van der Waals surface area contributed by atoms with E-state index in [2.05, 4.69) is 0 Å². The third kappa shape index (κ3) is 6.73. The SMILES string of the molecule is CC(C)OC(=O)[C@H](C)C[P@@](=O)(Oc1ccccc1)O[C@@H](C)[C@H]1O[C@@H](n2ccc(=O)[nH]c2=O)C(Cl)(CF)[C@H]1O. The molecule has 1 aliphatic heterocycles. The molecule has 1 aromatic carbocycles. The number of esters is 1. The fraction of sp³-hybridized carbons (Fsp3) is 0.542. The van der Waals surface area contributed by atoms with Gasteiger partial charge in [0.2, 0.25) is 0 Å². The summed E-state index contributed by atoms with van der Waals surface area (Å²) in [6.07, 6.45) is -5.59. The first-order valence-corrected chi connectivity index (χ1v) is 14.0. The Morgan fingerprint density at radius 2 is 1.89 bits per heavy atom. The highest BCUT2D eigenvalue weighted by Gasteiger charge is 2.59. The normalized spacial score (nSPS) is 26.5. The van der Waals surface area contributed by atoms with Crippen molar-refractivity contribution in [1.82, 2.24) is 9.55 Å². The second-order valence-corrected chi connectivity index (χ2v) is 12.1. The largest absolute Gasteiger partial charge is 0.463 e. The number of aliphatic hydroxyl groups excluding tert-OH is 1. The van der Waals surface area contributed by atoms with Gasteiger partial charge < -0.3 is 19.1 Å². The number of carbonyl (C=O) groups excluding carboxylic acids is 1. The average molecular weight is 577 g/mol. The maximum atomic E-state index is 14.2. The van der Waals surface area contributed by atoms with Gasteiger partial charge in [-0.15, -0.1) is 11.6 Å². The third-order valence-electron chi connectivity index (χ3n) is 5.84. The quantitative estimate of drug-likeness (QED) is 0.234. The predicted octanol–water partition coefficient (Wildman–Crippen LogP) is 3.01. The molecule has 0 aliphatic carbocycles. The van der Waals surface area contributed by atoms with Crippen molar-refractivity contribution in [2.75, 3.05) is 12.8 Å². The summed E-state index contributed by atoms with van der Waals surface area (Å²) in [4.78, 5) is 36.1. The minimum Gasteiger partial charge on any atom is -0.463 e. The van der Waals surface area contributed by atoms with E-state index >= 15 is 0 Å². The summed E-state index contributed by atoms with van der Waals surface area (Å²) in [5.74, 6) is -1.30. The smallest absolute Gasteiger partial charge is 0.380 e. The van der Waals surface area contributed by atoms with Crippen molar-refractivity contribution < 1.29 is 37.4 Å². The van der Waals surface area contributed by atoms with Crippen molar-refractivity contribution in [3.05, 3.63) is 63.4 Å². The molecule has 2 N–H and O–H groups in total. The zero-order valence-corrected chi connectivity index (χ0v) is 22.9. The summed E-state index contributed by atoms with van der Waals surface area (Å²) >= 11 is 6.41. The number of nitrogens with one attached hydrogen (secondary N) is 1. The van der Waals surface area contributed by atoms with Crippen molar-refractivity contribution in [1.29, 1.82) is 0 Å². The number of hydrogen-bond acceptors (Lipinski definition) is 9. The van der Waals surface area contributed by atoms with Crippen LogP contribution in [0.1, 0.15) is 33.9 Å². The standard InChI is InChI=1S/C24H31ClFN2O9P/c1-14(2)34-21(31)15(3)12-38(33,37-17-8-6-5-7-9-17)36-16(4)19-20(30)24(25,13-26)22(35-19)28-11-10-18(29)27-23(28)32/h5-11,14-16,19-20,22,30H,12-13H2,1-4H3,(H,27,29,32)/t15-,16+,19-,20+,22-,24?,38+/m1/s1. The van der Waals surface area contributed by atoms with Crippen molar-refractivity contribution >= 4 is 25.2 Å². The number of aliphatic hydroxyl groups is 1. The topological polar surface area (TPSA) is 146 Å². The first-order valence-electron chi connectivity index (χ1n) is 11.9. The number of benzene rings is 1. The number of alkyl halides is 2. The van der Waals surface area contributed by atoms with Gasteiger partial charge in [-0.3, -0.25) is 23.7 Å². The van der Waals surface area contributed by atoms with Crippen LogP contribution >= 0.6 is 19.2 Å². The van der Waals surface area contributed by atoms with Crippen molar-refractivity contribution in [2.24, 2.45) is 5.92 Å². The number of aromatic amines is 1. The maximum Gasteiger partial charge on any atom is 0.380 e. The van der Waals surface area contributed by atoms with Crippen molar-refractivity contribution in [3.63, 3.8) is 0 Å². The van der Waals surface area contributed by atoms with Crippen LogP contribution in [0.25, 0.3) is 0 Å². The molecular weight excluding hydrogens is 546 g/mol. The average Bonchev–Trinajstić information content (AvgIpc) is 3.10. The molecule has 0 spiro atoms. The molecule has 1 aliphatic rings. The lowest BCUT2D eigenvalue weighted by Gasteiger charge is -2.29. The highest BCUT2D eigenvalue weighted by atomic mass is 35.5. The van der Waals surface area contributed by atoms with Gasteiger partial charge in [0.1, 0.15) is 29.5 Å². The van der Waals surface area contributed by atoms with Gasteiger partial charge in [-0.25, -0.2) is 13.8 Å². The molecule has 38 heavy (non-hydrogen) atoms. The number of H-pyrrole nitrogens is 1. The summed E-state index contributed by atoms with van der Waals surface area (Å²) in [7, 11) is -4.13. The number of rotatable bonds is 11. The lowest BCUT2D eigenvalue weighted by atomic mass is 9.97. The summed E-state index contributed by atoms with van der Waals surface area (Å²) < 4.78 is 51.4. The molecule has 7 atom stereocenters. The van der Waals surface area contributed by atoms with E-state index in [1.807, 2.05) is 4.98 Å². The Morgan fingerprint density at radius 1 is 1.24 bits per heavy atom. The van der Waals surface area contributed by atoms with E-state index in [1.54, 1.807) is 44.2 Å². The number of ether oxygens (including phenoxy) is 2. The fourth-order valence-electron chi connectivity index (χ4n) is 3.99. The van der Waals surface area contributed by atoms with Crippen molar-refractivity contribution in [3.8, 4) is 5.75 Å². The van der Waals surface area contributed by atoms with Gasteiger partial charge >= 0.3 is 19.3 Å². The molecule has 2 aromatic rings. The Bertz CT molecular complexity index is 1270. The summed E-state index contributed by atoms with van der Waals surface area (Å²) in [6.45, 7) is 4.95. The predicted molar refractivity (Wildman–Crippen MR) is 136 cm³/mol. The zero-order valence-electron chi connectivity index (χ0n) is 21.3. The number of nitrogens with zero attached hydrogens (tertiary/aromatic N) is 1. The monoisotopic (exact) mass is 576 g/mol. The molecule has 0 amide bonds. The molecule has 14 heteroatoms. The molecule has 2 heterocycles. The van der Waals surface area contributed by atoms with Crippen LogP contribution in [-0.2, 0) is 23.4 Å². The van der Waals surface area contributed by atoms with Gasteiger partial charge in [-0.1, -0.05) is 25.1 Å². The Labute approximate surface area is 223 Å². The number of hydrogen-bond donors (Lipinski definition) is 2. The zero-order chi connectivity index (χ0) is 28.3. The van der Waals surface area contributed by atoms with E-state index in [4.69, 9.17) is 30.1 Å². The van der Waals surface area contributed by atoms with Crippen LogP contribution in [0.3, 0.4) is 0 Å². The van der Waals surface area contributed by atoms with Crippen LogP contribution in [0.5, 0.6) is 5.75 Å². The van der Waals surface area contributed by atoms with E-state index in [1.165, 1.54) is 13.8 Å². The first-order chi connectivity index (χ1) is 17.8. The molecule has 0 bridgehead atoms. The Balaban J connectivity index is 1.89. The van der Waals surface area contributed by atoms with Crippen LogP contribution in [0, 0.1) is 5.92 Å². The van der Waals surface area contributed by atoms with Gasteiger partial charge in [0.05, 0.1) is 24.3 Å². The number of halogens is 2. The third-order valence-corrected chi connectivity index (χ3v) is 8.49. The van der Waals surface area contributed by atoms with E-state index in [-0.39, 0.29) is 11.9 Å². The molecule has 210 valence electrons. The van der Waals surface area contributed by atoms with Crippen LogP contribution < -0.4 is 15.8 Å². The van der Waals surface area contributed by atoms with Crippen LogP contribution in [0.4, 0.5) is 4.39 Å². The summed E-state index contributed by atoms with van der Waals surface area (Å²) in [5.41, 5.74) is -1.62. The number of para-hydroxylation sites is 1. The highest BCUT2D eigenvalue weighted by molar-refractivity contribution is 7.54. The van der Waals surface area contributed by atoms with Gasteiger partial charge in [-0.05, 0) is 32.9 Å². The molecule has 3 rings (SSSR count). The number of carbonyl (C=O) groups is 1. The Kier molecular flexibility index (Phi) is 9.59. The lowest BCUT2D eigenvalue weighted by Crippen LogP contribution is -2.47. The Morgan fingerprint density at radius 3 is 2.47 bits per heavy atom. The van der Waals surface area contributed by atoms with E-state index in [0.717, 1.165) is 16.8 Å². The minimum atomic E-state index is -4.13. The van der Waals surface area contributed by atoms with E-state index in [9.17, 15) is 28.4 Å². The molecule has 1 fully saturated rings. The fourth-order valence-corrected chi connectivity index (χ4v) is 6.37. The summed E-state index contributed by atoms with van der Waals surface area (Å²) in [5, 5.41) is 10.9. The molecular formula is C24H31ClFN2O9P. The highest BCUT2D eigenvalue weighted by Crippen LogP contribution is 2.53. The van der Waals surface area contributed by atoms with Gasteiger partial charge in [0.15, 0.2) is 6.23 Å². The second-order valence-electron chi connectivity index (χ2n) is 9.37. The van der Waals surface area contributed by atoms with E-state index in [0.29, 0.717) is 0 Å². The maximum absolute atomic E-state index is 14.2. The molecule has 1 saturated heterocycles. The minimum absolute atomic E-state index is 0.202. The van der Waals surface area contributed by atoms with Crippen LogP contribution in [0.15, 0.2) is 52.2 Å². The van der Waals surface area contributed by atoms with Gasteiger partial charge in [-0.2, -0.15) is 0 Å². The first kappa shape index (κ1) is 30.0. The van der Waals surface area contributed by atoms with Crippen LogP contribution in [0.2, 0.25) is 0 Å². The van der Waals surface area contributed by atoms with Gasteiger partial charge in [0, 0.05) is 12.3 Å². The summed E-state index contributed by atoms with van der Waals surface area (Å²) in [6, 6.07) is 9.13. The lowest BCUT2D eigenvalue weighted by molar-refractivity contribution is -0.151. The van der Waals surface area contributed by atoms with Crippen LogP contribution in [-0.4, -0.2) is 62.8 Å². The van der Waals surface area contributed by atoms with Crippen molar-refractivity contribution in [2.45, 2.75) is 63.2 Å². The molecule has 1 unspecified atom stereocenters. The molecule has 0 radical (unpaired) electrons. The Hall–Kier alpha value is -2.50. The molecule has 0 saturated carbocycles. The molecule has 11 nitrogen and oxygen atoms in total. The van der Waals surface area contributed by atoms with Gasteiger partial charge in [0.25, 0.3) is 5.56 Å². The second kappa shape index (κ2) is 12.1. The number of aromatic nitrogens is 2.